The number of aliphatic hydroxyl groups is 1. The van der Waals surface area contributed by atoms with E-state index in [0.717, 1.165) is 0 Å². The van der Waals surface area contributed by atoms with Gasteiger partial charge in [0.1, 0.15) is 18.1 Å². The van der Waals surface area contributed by atoms with Gasteiger partial charge in [0.25, 0.3) is 0 Å². The number of carboxylic acid groups (broad SMARTS) is 2. The molecule has 15 nitrogen and oxygen atoms in total. The number of nitrogens with two attached hydrogens (primary N) is 3. The van der Waals surface area contributed by atoms with Gasteiger partial charge in [-0.3, -0.25) is 24.2 Å². The Morgan fingerprint density at radius 2 is 1.47 bits per heavy atom. The molecule has 6 unspecified atom stereocenters. The molecule has 15 heteroatoms. The average Bonchev–Trinajstić information content (AvgIpc) is 2.79. The molecule has 206 valence electrons. The molecule has 36 heavy (non-hydrogen) atoms. The number of nitrogens with zero attached hydrogens (tertiary/aromatic N) is 1. The van der Waals surface area contributed by atoms with Crippen molar-refractivity contribution in [2.75, 3.05) is 6.54 Å². The van der Waals surface area contributed by atoms with Crippen LogP contribution in [0, 0.1) is 5.92 Å². The van der Waals surface area contributed by atoms with Gasteiger partial charge < -0.3 is 48.5 Å². The summed E-state index contributed by atoms with van der Waals surface area (Å²) >= 11 is 0. The first-order chi connectivity index (χ1) is 16.7. The Kier molecular flexibility index (Phi) is 14.7. The van der Waals surface area contributed by atoms with E-state index in [9.17, 15) is 34.2 Å². The second kappa shape index (κ2) is 16.3. The fourth-order valence-electron chi connectivity index (χ4n) is 3.05. The highest BCUT2D eigenvalue weighted by molar-refractivity contribution is 5.94. The van der Waals surface area contributed by atoms with Crippen LogP contribution < -0.4 is 33.2 Å². The van der Waals surface area contributed by atoms with Gasteiger partial charge in [-0.25, -0.2) is 4.79 Å². The molecule has 0 rings (SSSR count). The third-order valence-electron chi connectivity index (χ3n) is 5.42. The molecule has 0 bridgehead atoms. The quantitative estimate of drug-likeness (QED) is 0.0539. The van der Waals surface area contributed by atoms with Crippen LogP contribution in [0.2, 0.25) is 0 Å². The zero-order valence-electron chi connectivity index (χ0n) is 20.8. The largest absolute Gasteiger partial charge is 0.481 e. The Labute approximate surface area is 209 Å². The fraction of sp³-hybridized carbons (Fsp3) is 0.714. The lowest BCUT2D eigenvalue weighted by molar-refractivity contribution is -0.144. The van der Waals surface area contributed by atoms with E-state index in [1.165, 1.54) is 6.92 Å². The summed E-state index contributed by atoms with van der Waals surface area (Å²) in [5.41, 5.74) is 16.3. The summed E-state index contributed by atoms with van der Waals surface area (Å²) < 4.78 is 0. The fourth-order valence-corrected chi connectivity index (χ4v) is 3.05. The van der Waals surface area contributed by atoms with Gasteiger partial charge in [0.15, 0.2) is 5.96 Å². The second-order valence-electron chi connectivity index (χ2n) is 8.49. The number of aliphatic hydroxyl groups excluding tert-OH is 1. The van der Waals surface area contributed by atoms with Crippen molar-refractivity contribution in [1.29, 1.82) is 0 Å². The normalized spacial score (nSPS) is 15.8. The van der Waals surface area contributed by atoms with E-state index in [1.807, 2.05) is 0 Å². The number of guanidine groups is 1. The highest BCUT2D eigenvalue weighted by Crippen LogP contribution is 2.09. The van der Waals surface area contributed by atoms with Crippen molar-refractivity contribution in [2.45, 2.75) is 83.1 Å². The van der Waals surface area contributed by atoms with Gasteiger partial charge in [-0.05, 0) is 32.1 Å². The van der Waals surface area contributed by atoms with Crippen LogP contribution in [-0.2, 0) is 24.0 Å². The standard InChI is InChI=1S/C21H39N7O8/c1-4-10(2)15(20(35)36)27-19(34)16(11(3)29)28-18(33)13(7-8-14(30)31)26-17(32)12(22)6-5-9-25-21(23)24/h10-13,15-16,29H,4-9,22H2,1-3H3,(H,26,32)(H,27,34)(H,28,33)(H,30,31)(H,35,36)(H4,23,24,25). The van der Waals surface area contributed by atoms with Crippen molar-refractivity contribution >= 4 is 35.6 Å². The van der Waals surface area contributed by atoms with E-state index in [4.69, 9.17) is 22.3 Å². The van der Waals surface area contributed by atoms with Crippen LogP contribution in [0.5, 0.6) is 0 Å². The van der Waals surface area contributed by atoms with E-state index in [2.05, 4.69) is 20.9 Å². The zero-order chi connectivity index (χ0) is 28.0. The Morgan fingerprint density at radius 3 is 1.94 bits per heavy atom. The molecule has 12 N–H and O–H groups in total. The van der Waals surface area contributed by atoms with Crippen molar-refractivity contribution in [3.63, 3.8) is 0 Å². The molecule has 0 heterocycles. The molecule has 3 amide bonds. The topological polar surface area (TPSA) is 273 Å². The second-order valence-corrected chi connectivity index (χ2v) is 8.49. The van der Waals surface area contributed by atoms with Crippen LogP contribution in [0.3, 0.4) is 0 Å². The van der Waals surface area contributed by atoms with Gasteiger partial charge in [0, 0.05) is 13.0 Å². The molecule has 0 saturated carbocycles. The molecule has 0 aliphatic heterocycles. The Hall–Kier alpha value is -3.46. The number of carboxylic acids is 2. The molecule has 0 aromatic heterocycles. The summed E-state index contributed by atoms with van der Waals surface area (Å²) in [5, 5.41) is 35.4. The minimum Gasteiger partial charge on any atom is -0.481 e. The van der Waals surface area contributed by atoms with Crippen LogP contribution in [0.1, 0.15) is 52.9 Å². The molecule has 0 aliphatic rings. The first-order valence-electron chi connectivity index (χ1n) is 11.6. The SMILES string of the molecule is CCC(C)C(NC(=O)C(NC(=O)C(CCC(=O)O)NC(=O)C(N)CCCN=C(N)N)C(C)O)C(=O)O. The molecule has 0 saturated heterocycles. The summed E-state index contributed by atoms with van der Waals surface area (Å²) in [6.07, 6.45) is -1.28. The van der Waals surface area contributed by atoms with Crippen LogP contribution in [0.15, 0.2) is 4.99 Å². The molecule has 0 aromatic carbocycles. The number of hydrogen-bond acceptors (Lipinski definition) is 8. The average molecular weight is 518 g/mol. The van der Waals surface area contributed by atoms with Gasteiger partial charge >= 0.3 is 11.9 Å². The zero-order valence-corrected chi connectivity index (χ0v) is 20.8. The number of carbonyl (C=O) groups excluding carboxylic acids is 3. The molecule has 0 aromatic rings. The van der Waals surface area contributed by atoms with E-state index in [-0.39, 0.29) is 25.3 Å². The van der Waals surface area contributed by atoms with Crippen molar-refractivity contribution in [2.24, 2.45) is 28.1 Å². The minimum atomic E-state index is -1.57. The number of aliphatic imine (C=N–C) groups is 1. The van der Waals surface area contributed by atoms with Crippen LogP contribution in [0.4, 0.5) is 0 Å². The Balaban J connectivity index is 5.44. The maximum Gasteiger partial charge on any atom is 0.326 e. The Morgan fingerprint density at radius 1 is 0.889 bits per heavy atom. The minimum absolute atomic E-state index is 0.117. The maximum absolute atomic E-state index is 12.9. The van der Waals surface area contributed by atoms with Gasteiger partial charge in [-0.15, -0.1) is 0 Å². The summed E-state index contributed by atoms with van der Waals surface area (Å²) in [4.78, 5) is 64.3. The molecular formula is C21H39N7O8. The van der Waals surface area contributed by atoms with E-state index >= 15 is 0 Å². The molecule has 0 radical (unpaired) electrons. The molecular weight excluding hydrogens is 478 g/mol. The first kappa shape index (κ1) is 32.5. The van der Waals surface area contributed by atoms with Gasteiger partial charge in [-0.2, -0.15) is 0 Å². The maximum atomic E-state index is 12.9. The summed E-state index contributed by atoms with van der Waals surface area (Å²) in [6.45, 7) is 4.79. The van der Waals surface area contributed by atoms with Crippen molar-refractivity contribution in [1.82, 2.24) is 16.0 Å². The number of aliphatic carboxylic acids is 2. The van der Waals surface area contributed by atoms with Gasteiger partial charge in [0.05, 0.1) is 12.1 Å². The van der Waals surface area contributed by atoms with Gasteiger partial charge in [0.2, 0.25) is 17.7 Å². The summed E-state index contributed by atoms with van der Waals surface area (Å²) in [7, 11) is 0. The van der Waals surface area contributed by atoms with Crippen LogP contribution in [-0.4, -0.2) is 87.8 Å². The van der Waals surface area contributed by atoms with Crippen LogP contribution >= 0.6 is 0 Å². The number of nitrogens with one attached hydrogen (secondary N) is 3. The van der Waals surface area contributed by atoms with Crippen molar-refractivity contribution < 1.29 is 39.3 Å². The summed E-state index contributed by atoms with van der Waals surface area (Å²) in [5.74, 6) is -5.72. The number of amides is 3. The smallest absolute Gasteiger partial charge is 0.326 e. The molecule has 0 aliphatic carbocycles. The molecule has 6 atom stereocenters. The van der Waals surface area contributed by atoms with E-state index in [0.29, 0.717) is 12.8 Å². The summed E-state index contributed by atoms with van der Waals surface area (Å²) in [6, 6.07) is -5.28. The molecule has 0 fully saturated rings. The van der Waals surface area contributed by atoms with E-state index in [1.54, 1.807) is 13.8 Å². The van der Waals surface area contributed by atoms with E-state index < -0.39 is 72.3 Å². The lowest BCUT2D eigenvalue weighted by Crippen LogP contribution is -2.60. The van der Waals surface area contributed by atoms with Gasteiger partial charge in [-0.1, -0.05) is 20.3 Å². The monoisotopic (exact) mass is 517 g/mol. The third-order valence-corrected chi connectivity index (χ3v) is 5.42. The highest BCUT2D eigenvalue weighted by atomic mass is 16.4. The van der Waals surface area contributed by atoms with Crippen molar-refractivity contribution in [3.8, 4) is 0 Å². The van der Waals surface area contributed by atoms with Crippen LogP contribution in [0.25, 0.3) is 0 Å². The third kappa shape index (κ3) is 12.3. The number of carbonyl (C=O) groups is 5. The number of hydrogen-bond donors (Lipinski definition) is 9. The predicted octanol–water partition coefficient (Wildman–Crippen LogP) is -2.80. The van der Waals surface area contributed by atoms with Crippen molar-refractivity contribution in [3.05, 3.63) is 0 Å². The number of rotatable bonds is 17. The Bertz CT molecular complexity index is 801. The lowest BCUT2D eigenvalue weighted by atomic mass is 9.98. The molecule has 0 spiro atoms. The first-order valence-corrected chi connectivity index (χ1v) is 11.6. The predicted molar refractivity (Wildman–Crippen MR) is 129 cm³/mol. The highest BCUT2D eigenvalue weighted by Gasteiger charge is 2.34. The lowest BCUT2D eigenvalue weighted by Gasteiger charge is -2.27.